The number of rotatable bonds is 4. The third kappa shape index (κ3) is 3.00. The third-order valence-electron chi connectivity index (χ3n) is 5.23. The minimum Gasteiger partial charge on any atom is -0.394 e. The van der Waals surface area contributed by atoms with Crippen LogP contribution >= 0.6 is 0 Å². The van der Waals surface area contributed by atoms with E-state index in [1.807, 2.05) is 38.2 Å². The van der Waals surface area contributed by atoms with E-state index in [1.54, 1.807) is 4.40 Å². The van der Waals surface area contributed by atoms with E-state index in [0.29, 0.717) is 37.6 Å². The topological polar surface area (TPSA) is 104 Å². The summed E-state index contributed by atoms with van der Waals surface area (Å²) < 4.78 is 12.5. The molecular weight excluding hydrogens is 348 g/mol. The molecule has 0 aliphatic carbocycles. The van der Waals surface area contributed by atoms with Crippen molar-refractivity contribution in [2.45, 2.75) is 32.2 Å². The quantitative estimate of drug-likeness (QED) is 0.600. The van der Waals surface area contributed by atoms with Crippen LogP contribution in [-0.4, -0.2) is 46.5 Å². The zero-order valence-corrected chi connectivity index (χ0v) is 15.4. The number of imidazole rings is 1. The first-order valence-electron chi connectivity index (χ1n) is 9.01. The van der Waals surface area contributed by atoms with E-state index in [-0.39, 0.29) is 12.5 Å². The molecule has 3 N–H and O–H groups in total. The lowest BCUT2D eigenvalue weighted by atomic mass is 9.91. The van der Waals surface area contributed by atoms with Gasteiger partial charge in [-0.25, -0.2) is 4.98 Å². The minimum absolute atomic E-state index is 0.123. The van der Waals surface area contributed by atoms with Gasteiger partial charge in [0.15, 0.2) is 11.2 Å². The van der Waals surface area contributed by atoms with Crippen molar-refractivity contribution in [3.63, 3.8) is 0 Å². The molecule has 1 amide bonds. The summed E-state index contributed by atoms with van der Waals surface area (Å²) in [6.45, 7) is 4.63. The number of nitrogens with zero attached hydrogens (tertiary/aromatic N) is 2. The molecule has 1 aliphatic heterocycles. The van der Waals surface area contributed by atoms with Gasteiger partial charge in [0.25, 0.3) is 0 Å². The maximum atomic E-state index is 13.1. The van der Waals surface area contributed by atoms with Crippen LogP contribution in [0.1, 0.15) is 34.9 Å². The molecule has 3 aromatic heterocycles. The summed E-state index contributed by atoms with van der Waals surface area (Å²) in [6, 6.07) is 5.72. The number of hydrogen-bond donors (Lipinski definition) is 3. The number of carbonyl (C=O) groups is 1. The summed E-state index contributed by atoms with van der Waals surface area (Å²) >= 11 is 0. The van der Waals surface area contributed by atoms with E-state index in [2.05, 4.69) is 15.5 Å². The predicted molar refractivity (Wildman–Crippen MR) is 96.3 cm³/mol. The lowest BCUT2D eigenvalue weighted by molar-refractivity contribution is -0.514. The highest BCUT2D eigenvalue weighted by Gasteiger charge is 2.37. The number of H-pyrrole nitrogens is 1. The van der Waals surface area contributed by atoms with Crippen LogP contribution in [0.3, 0.4) is 0 Å². The Hall–Kier alpha value is -2.71. The Labute approximate surface area is 156 Å². The molecule has 4 rings (SSSR count). The number of aryl methyl sites for hydroxylation is 2. The highest BCUT2D eigenvalue weighted by molar-refractivity contribution is 5.92. The Morgan fingerprint density at radius 3 is 2.81 bits per heavy atom. The normalized spacial score (nSPS) is 16.6. The number of aromatic nitrogens is 3. The Kier molecular flexibility index (Phi) is 4.45. The van der Waals surface area contributed by atoms with Gasteiger partial charge < -0.3 is 19.7 Å². The SMILES string of the molecule is Cc1noc(C)c1-c1[nH]c(C(=O)NC2(CO)CCOCC2)[n+]2ccccc12. The Bertz CT molecular complexity index is 965. The smallest absolute Gasteiger partial charge is 0.351 e. The minimum atomic E-state index is -0.661. The van der Waals surface area contributed by atoms with Gasteiger partial charge in [-0.1, -0.05) is 11.2 Å². The van der Waals surface area contributed by atoms with Crippen LogP contribution in [0, 0.1) is 13.8 Å². The van der Waals surface area contributed by atoms with Crippen LogP contribution in [0.25, 0.3) is 16.8 Å². The predicted octanol–water partition coefficient (Wildman–Crippen LogP) is 1.30. The second-order valence-corrected chi connectivity index (χ2v) is 7.01. The first kappa shape index (κ1) is 17.7. The standard InChI is InChI=1S/C19H22N4O4/c1-12-15(13(2)27-22-12)16-14-5-3-4-8-23(14)17(20-16)18(25)21-19(11-24)6-9-26-10-7-19/h3-5,8,24H,6-7,9-11H2,1-2H3,(H,21,25)/p+1. The fourth-order valence-corrected chi connectivity index (χ4v) is 3.67. The number of nitrogens with one attached hydrogen (secondary N) is 2. The van der Waals surface area contributed by atoms with Gasteiger partial charge in [-0.3, -0.25) is 4.79 Å². The van der Waals surface area contributed by atoms with Crippen LogP contribution in [0.4, 0.5) is 0 Å². The number of ether oxygens (including phenoxy) is 1. The lowest BCUT2D eigenvalue weighted by Gasteiger charge is -2.35. The first-order chi connectivity index (χ1) is 13.0. The summed E-state index contributed by atoms with van der Waals surface area (Å²) in [5.74, 6) is 0.799. The van der Waals surface area contributed by atoms with Crippen molar-refractivity contribution in [1.29, 1.82) is 0 Å². The fourth-order valence-electron chi connectivity index (χ4n) is 3.67. The van der Waals surface area contributed by atoms with Crippen molar-refractivity contribution in [3.8, 4) is 11.3 Å². The molecule has 1 aliphatic rings. The number of fused-ring (bicyclic) bond motifs is 1. The lowest BCUT2D eigenvalue weighted by Crippen LogP contribution is -2.55. The number of carbonyl (C=O) groups excluding carboxylic acids is 1. The maximum Gasteiger partial charge on any atom is 0.351 e. The van der Waals surface area contributed by atoms with Crippen LogP contribution in [0.15, 0.2) is 28.9 Å². The van der Waals surface area contributed by atoms with Gasteiger partial charge in [0, 0.05) is 13.2 Å². The van der Waals surface area contributed by atoms with Gasteiger partial charge in [-0.15, -0.1) is 0 Å². The molecular formula is C19H23N4O4+. The van der Waals surface area contributed by atoms with E-state index < -0.39 is 5.54 Å². The molecule has 0 unspecified atom stereocenters. The third-order valence-corrected chi connectivity index (χ3v) is 5.23. The Morgan fingerprint density at radius 2 is 2.15 bits per heavy atom. The average Bonchev–Trinajstić information content (AvgIpc) is 3.22. The van der Waals surface area contributed by atoms with E-state index in [9.17, 15) is 9.90 Å². The van der Waals surface area contributed by atoms with Crippen molar-refractivity contribution in [2.24, 2.45) is 0 Å². The van der Waals surface area contributed by atoms with Crippen molar-refractivity contribution in [2.75, 3.05) is 19.8 Å². The summed E-state index contributed by atoms with van der Waals surface area (Å²) in [7, 11) is 0. The van der Waals surface area contributed by atoms with Crippen LogP contribution in [0.2, 0.25) is 0 Å². The molecule has 1 saturated heterocycles. The molecule has 3 aromatic rings. The molecule has 0 saturated carbocycles. The second-order valence-electron chi connectivity index (χ2n) is 7.01. The van der Waals surface area contributed by atoms with E-state index in [0.717, 1.165) is 22.5 Å². The van der Waals surface area contributed by atoms with Gasteiger partial charge in [0.2, 0.25) is 0 Å². The highest BCUT2D eigenvalue weighted by Crippen LogP contribution is 2.28. The molecule has 4 heterocycles. The maximum absolute atomic E-state index is 13.1. The Balaban J connectivity index is 1.77. The summed E-state index contributed by atoms with van der Waals surface area (Å²) in [6.07, 6.45) is 2.99. The summed E-state index contributed by atoms with van der Waals surface area (Å²) in [4.78, 5) is 16.3. The molecule has 142 valence electrons. The van der Waals surface area contributed by atoms with Gasteiger partial charge in [-0.05, 0) is 38.8 Å². The molecule has 0 aromatic carbocycles. The summed E-state index contributed by atoms with van der Waals surface area (Å²) in [5.41, 5.74) is 2.57. The molecule has 8 nitrogen and oxygen atoms in total. The second kappa shape index (κ2) is 6.79. The van der Waals surface area contributed by atoms with Crippen LogP contribution < -0.4 is 9.72 Å². The van der Waals surface area contributed by atoms with Gasteiger partial charge in [-0.2, -0.15) is 4.40 Å². The van der Waals surface area contributed by atoms with Crippen molar-refractivity contribution in [3.05, 3.63) is 41.7 Å². The molecule has 0 atom stereocenters. The molecule has 0 spiro atoms. The van der Waals surface area contributed by atoms with Crippen molar-refractivity contribution >= 4 is 11.4 Å². The van der Waals surface area contributed by atoms with E-state index in [1.165, 1.54) is 0 Å². The molecule has 8 heteroatoms. The summed E-state index contributed by atoms with van der Waals surface area (Å²) in [5, 5.41) is 16.9. The fraction of sp³-hybridized carbons (Fsp3) is 0.421. The van der Waals surface area contributed by atoms with Crippen molar-refractivity contribution in [1.82, 2.24) is 15.5 Å². The van der Waals surface area contributed by atoms with Gasteiger partial charge in [0.05, 0.1) is 29.6 Å². The first-order valence-corrected chi connectivity index (χ1v) is 9.01. The Morgan fingerprint density at radius 1 is 1.37 bits per heavy atom. The number of hydrogen-bond acceptors (Lipinski definition) is 5. The number of aromatic amines is 1. The number of aliphatic hydroxyl groups excluding tert-OH is 1. The number of aliphatic hydroxyl groups is 1. The largest absolute Gasteiger partial charge is 0.394 e. The molecule has 0 radical (unpaired) electrons. The highest BCUT2D eigenvalue weighted by atomic mass is 16.5. The number of pyridine rings is 1. The number of amides is 1. The molecule has 0 bridgehead atoms. The van der Waals surface area contributed by atoms with Crippen LogP contribution in [0.5, 0.6) is 0 Å². The van der Waals surface area contributed by atoms with Gasteiger partial charge in [0.1, 0.15) is 5.76 Å². The zero-order chi connectivity index (χ0) is 19.0. The van der Waals surface area contributed by atoms with E-state index >= 15 is 0 Å². The van der Waals surface area contributed by atoms with Crippen LogP contribution in [-0.2, 0) is 4.74 Å². The molecule has 27 heavy (non-hydrogen) atoms. The zero-order valence-electron chi connectivity index (χ0n) is 15.4. The monoisotopic (exact) mass is 371 g/mol. The van der Waals surface area contributed by atoms with Crippen molar-refractivity contribution < 1.29 is 23.6 Å². The van der Waals surface area contributed by atoms with Gasteiger partial charge >= 0.3 is 11.7 Å². The average molecular weight is 371 g/mol. The molecule has 1 fully saturated rings. The van der Waals surface area contributed by atoms with E-state index in [4.69, 9.17) is 9.26 Å².